The molecule has 1 aliphatic rings. The monoisotopic (exact) mass is 557 g/mol. The number of hydrogen-bond acceptors (Lipinski definition) is 9. The summed E-state index contributed by atoms with van der Waals surface area (Å²) in [7, 11) is 0. The minimum atomic E-state index is -1.36. The number of rotatable bonds is 10. The van der Waals surface area contributed by atoms with Gasteiger partial charge in [-0.1, -0.05) is 12.1 Å². The van der Waals surface area contributed by atoms with E-state index in [0.717, 1.165) is 21.1 Å². The summed E-state index contributed by atoms with van der Waals surface area (Å²) in [6.45, 7) is 0.705. The minimum absolute atomic E-state index is 0.0900. The van der Waals surface area contributed by atoms with Crippen molar-refractivity contribution in [3.05, 3.63) is 41.3 Å². The largest absolute Gasteiger partial charge is 0.387 e. The van der Waals surface area contributed by atoms with Gasteiger partial charge in [0.2, 0.25) is 11.8 Å². The van der Waals surface area contributed by atoms with Gasteiger partial charge in [-0.15, -0.1) is 11.3 Å². The number of ketones is 1. The Kier molecular flexibility index (Phi) is 9.62. The lowest BCUT2D eigenvalue weighted by atomic mass is 10.1. The number of carbonyl (C=O) groups is 7. The van der Waals surface area contributed by atoms with Gasteiger partial charge in [-0.05, 0) is 30.5 Å². The third-order valence-electron chi connectivity index (χ3n) is 5.65. The van der Waals surface area contributed by atoms with Gasteiger partial charge in [0.15, 0.2) is 0 Å². The number of anilines is 3. The fourth-order valence-electron chi connectivity index (χ4n) is 4.00. The SMILES string of the molecule is CC(=O)C[C@@H](C=O)NC(=O)CN1C(=O)[C@@H](NC(=O)c2ccsc2NC(C)=O)CN(C(=O)CO)c2ccccc21. The number of thiophene rings is 1. The molecule has 1 aromatic carbocycles. The number of para-hydroxylation sites is 2. The molecule has 0 unspecified atom stereocenters. The molecule has 2 heterocycles. The number of carbonyl (C=O) groups excluding carboxylic acids is 7. The third-order valence-corrected chi connectivity index (χ3v) is 6.48. The Morgan fingerprint density at radius 3 is 2.44 bits per heavy atom. The molecule has 39 heavy (non-hydrogen) atoms. The first-order chi connectivity index (χ1) is 18.5. The zero-order valence-electron chi connectivity index (χ0n) is 21.1. The van der Waals surface area contributed by atoms with E-state index in [1.54, 1.807) is 17.5 Å². The van der Waals surface area contributed by atoms with E-state index >= 15 is 0 Å². The predicted molar refractivity (Wildman–Crippen MR) is 141 cm³/mol. The highest BCUT2D eigenvalue weighted by molar-refractivity contribution is 7.14. The summed E-state index contributed by atoms with van der Waals surface area (Å²) < 4.78 is 0. The van der Waals surface area contributed by atoms with Crippen LogP contribution in [0.5, 0.6) is 0 Å². The summed E-state index contributed by atoms with van der Waals surface area (Å²) in [4.78, 5) is 88.8. The maximum Gasteiger partial charge on any atom is 0.254 e. The van der Waals surface area contributed by atoms with Crippen LogP contribution in [0.3, 0.4) is 0 Å². The molecule has 0 bridgehead atoms. The maximum absolute atomic E-state index is 13.7. The molecule has 2 atom stereocenters. The van der Waals surface area contributed by atoms with Gasteiger partial charge in [-0.2, -0.15) is 0 Å². The fourth-order valence-corrected chi connectivity index (χ4v) is 4.83. The van der Waals surface area contributed by atoms with Gasteiger partial charge in [0.05, 0.1) is 29.5 Å². The zero-order chi connectivity index (χ0) is 28.7. The second kappa shape index (κ2) is 12.9. The van der Waals surface area contributed by atoms with Crippen LogP contribution in [0.25, 0.3) is 0 Å². The van der Waals surface area contributed by atoms with Crippen molar-refractivity contribution >= 4 is 69.3 Å². The average Bonchev–Trinajstić information content (AvgIpc) is 3.31. The summed E-state index contributed by atoms with van der Waals surface area (Å²) >= 11 is 1.10. The van der Waals surface area contributed by atoms with Gasteiger partial charge in [0.1, 0.15) is 36.3 Å². The minimum Gasteiger partial charge on any atom is -0.387 e. The molecule has 4 N–H and O–H groups in total. The lowest BCUT2D eigenvalue weighted by molar-refractivity contribution is -0.127. The van der Waals surface area contributed by atoms with E-state index in [9.17, 15) is 38.7 Å². The molecular weight excluding hydrogens is 530 g/mol. The van der Waals surface area contributed by atoms with Crippen LogP contribution in [0, 0.1) is 0 Å². The highest BCUT2D eigenvalue weighted by atomic mass is 32.1. The summed E-state index contributed by atoms with van der Waals surface area (Å²) in [6, 6.07) is 5.17. The summed E-state index contributed by atoms with van der Waals surface area (Å²) in [6.07, 6.45) is 0.185. The molecule has 0 radical (unpaired) electrons. The van der Waals surface area contributed by atoms with Gasteiger partial charge in [0.25, 0.3) is 17.7 Å². The smallest absolute Gasteiger partial charge is 0.254 e. The topological polar surface area (TPSA) is 182 Å². The second-order valence-electron chi connectivity index (χ2n) is 8.66. The van der Waals surface area contributed by atoms with E-state index in [4.69, 9.17) is 0 Å². The molecule has 5 amide bonds. The van der Waals surface area contributed by atoms with Crippen molar-refractivity contribution in [2.24, 2.45) is 0 Å². The summed E-state index contributed by atoms with van der Waals surface area (Å²) in [5.41, 5.74) is 0.451. The Balaban J connectivity index is 1.96. The second-order valence-corrected chi connectivity index (χ2v) is 9.58. The van der Waals surface area contributed by atoms with Crippen LogP contribution in [-0.4, -0.2) is 78.5 Å². The van der Waals surface area contributed by atoms with Crippen molar-refractivity contribution in [2.45, 2.75) is 32.4 Å². The van der Waals surface area contributed by atoms with Gasteiger partial charge in [-0.25, -0.2) is 0 Å². The van der Waals surface area contributed by atoms with E-state index in [1.807, 2.05) is 0 Å². The molecule has 0 spiro atoms. The third kappa shape index (κ3) is 7.12. The average molecular weight is 558 g/mol. The Morgan fingerprint density at radius 2 is 1.82 bits per heavy atom. The molecular formula is C25H27N5O8S. The number of nitrogens with one attached hydrogen (secondary N) is 3. The molecule has 3 rings (SSSR count). The van der Waals surface area contributed by atoms with Crippen LogP contribution >= 0.6 is 11.3 Å². The molecule has 1 aromatic heterocycles. The number of benzene rings is 1. The number of nitrogens with zero attached hydrogens (tertiary/aromatic N) is 2. The van der Waals surface area contributed by atoms with Gasteiger partial charge >= 0.3 is 0 Å². The zero-order valence-corrected chi connectivity index (χ0v) is 21.9. The predicted octanol–water partition coefficient (Wildman–Crippen LogP) is -0.160. The summed E-state index contributed by atoms with van der Waals surface area (Å²) in [5.74, 6) is -3.69. The van der Waals surface area contributed by atoms with Crippen LogP contribution in [0.1, 0.15) is 30.6 Å². The van der Waals surface area contributed by atoms with Crippen LogP contribution in [0.2, 0.25) is 0 Å². The van der Waals surface area contributed by atoms with Crippen molar-refractivity contribution in [2.75, 3.05) is 34.8 Å². The highest BCUT2D eigenvalue weighted by Crippen LogP contribution is 2.33. The molecule has 206 valence electrons. The number of amides is 5. The molecule has 1 aliphatic heterocycles. The molecule has 13 nitrogen and oxygen atoms in total. The van der Waals surface area contributed by atoms with Crippen LogP contribution in [0.15, 0.2) is 35.7 Å². The van der Waals surface area contributed by atoms with Crippen LogP contribution in [0.4, 0.5) is 16.4 Å². The number of aliphatic hydroxyl groups is 1. The van der Waals surface area contributed by atoms with E-state index in [2.05, 4.69) is 16.0 Å². The molecule has 0 saturated heterocycles. The van der Waals surface area contributed by atoms with E-state index in [0.29, 0.717) is 6.29 Å². The van der Waals surface area contributed by atoms with Crippen molar-refractivity contribution < 1.29 is 38.7 Å². The van der Waals surface area contributed by atoms with E-state index < -0.39 is 54.8 Å². The number of Topliss-reactive ketones (excluding diaryl/α,β-unsaturated/α-hetero) is 1. The van der Waals surface area contributed by atoms with Crippen molar-refractivity contribution in [3.8, 4) is 0 Å². The number of fused-ring (bicyclic) bond motifs is 1. The van der Waals surface area contributed by atoms with Crippen molar-refractivity contribution in [1.29, 1.82) is 0 Å². The maximum atomic E-state index is 13.7. The fraction of sp³-hybridized carbons (Fsp3) is 0.320. The van der Waals surface area contributed by atoms with E-state index in [1.165, 1.54) is 32.0 Å². The Bertz CT molecular complexity index is 1310. The van der Waals surface area contributed by atoms with Gasteiger partial charge in [-0.3, -0.25) is 33.7 Å². The molecule has 0 fully saturated rings. The van der Waals surface area contributed by atoms with Crippen LogP contribution in [-0.2, 0) is 28.8 Å². The number of aldehydes is 1. The first-order valence-corrected chi connectivity index (χ1v) is 12.6. The molecule has 0 aliphatic carbocycles. The number of hydrogen-bond donors (Lipinski definition) is 4. The lowest BCUT2D eigenvalue weighted by Gasteiger charge is -2.25. The van der Waals surface area contributed by atoms with Crippen molar-refractivity contribution in [1.82, 2.24) is 10.6 Å². The quantitative estimate of drug-likeness (QED) is 0.291. The summed E-state index contributed by atoms with van der Waals surface area (Å²) in [5, 5.41) is 18.9. The van der Waals surface area contributed by atoms with Crippen LogP contribution < -0.4 is 25.8 Å². The van der Waals surface area contributed by atoms with Gasteiger partial charge in [0, 0.05) is 13.3 Å². The number of aliphatic hydroxyl groups excluding tert-OH is 1. The molecule has 0 saturated carbocycles. The first-order valence-electron chi connectivity index (χ1n) is 11.8. The van der Waals surface area contributed by atoms with Crippen molar-refractivity contribution in [3.63, 3.8) is 0 Å². The highest BCUT2D eigenvalue weighted by Gasteiger charge is 2.38. The lowest BCUT2D eigenvalue weighted by Crippen LogP contribution is -2.55. The van der Waals surface area contributed by atoms with E-state index in [-0.39, 0.29) is 40.7 Å². The Labute approximate surface area is 227 Å². The first kappa shape index (κ1) is 29.1. The Morgan fingerprint density at radius 1 is 1.13 bits per heavy atom. The molecule has 14 heteroatoms. The Hall–Kier alpha value is -4.43. The standard InChI is InChI=1S/C25H27N5O8S/c1-14(33)9-16(12-31)27-21(35)11-30-20-6-4-3-5-19(20)29(22(36)13-32)10-18(25(30)38)28-23(37)17-7-8-39-24(17)26-15(2)34/h3-8,12,16,18,32H,9-11,13H2,1-2H3,(H,26,34)(H,27,35)(H,28,37)/t16-,18-/m0/s1. The normalized spacial score (nSPS) is 15.5. The molecule has 2 aromatic rings. The van der Waals surface area contributed by atoms with Gasteiger partial charge < -0.3 is 30.8 Å².